The SMILES string of the molecule is CSc1ccc(-c2nnc(NC(=O)c3cc(Cl)ccc3[N+](=O)[O-])o2)cc1. The fourth-order valence-corrected chi connectivity index (χ4v) is 2.72. The van der Waals surface area contributed by atoms with Crippen LogP contribution >= 0.6 is 23.4 Å². The molecule has 0 spiro atoms. The molecule has 0 atom stereocenters. The molecule has 1 amide bonds. The lowest BCUT2D eigenvalue weighted by atomic mass is 10.1. The quantitative estimate of drug-likeness (QED) is 0.393. The number of carbonyl (C=O) groups excluding carboxylic acids is 1. The summed E-state index contributed by atoms with van der Waals surface area (Å²) < 4.78 is 5.40. The van der Waals surface area contributed by atoms with E-state index < -0.39 is 10.8 Å². The number of aromatic nitrogens is 2. The highest BCUT2D eigenvalue weighted by Gasteiger charge is 2.22. The van der Waals surface area contributed by atoms with Crippen molar-refractivity contribution in [3.8, 4) is 11.5 Å². The van der Waals surface area contributed by atoms with E-state index in [4.69, 9.17) is 16.0 Å². The Balaban J connectivity index is 1.82. The highest BCUT2D eigenvalue weighted by atomic mass is 35.5. The molecule has 0 saturated heterocycles. The Bertz CT molecular complexity index is 975. The monoisotopic (exact) mass is 390 g/mol. The molecule has 0 aliphatic carbocycles. The Labute approximate surface area is 156 Å². The Morgan fingerprint density at radius 1 is 1.23 bits per heavy atom. The highest BCUT2D eigenvalue weighted by molar-refractivity contribution is 7.98. The maximum atomic E-state index is 12.3. The molecule has 1 aromatic heterocycles. The molecule has 3 rings (SSSR count). The van der Waals surface area contributed by atoms with Crippen LogP contribution in [0.5, 0.6) is 0 Å². The summed E-state index contributed by atoms with van der Waals surface area (Å²) in [6.07, 6.45) is 1.96. The Kier molecular flexibility index (Phi) is 5.19. The van der Waals surface area contributed by atoms with Crippen molar-refractivity contribution >= 4 is 41.0 Å². The van der Waals surface area contributed by atoms with Crippen LogP contribution < -0.4 is 5.32 Å². The molecule has 3 aromatic rings. The van der Waals surface area contributed by atoms with Gasteiger partial charge < -0.3 is 4.42 Å². The van der Waals surface area contributed by atoms with E-state index in [0.717, 1.165) is 11.0 Å². The first-order valence-corrected chi connectivity index (χ1v) is 8.81. The number of benzene rings is 2. The molecular weight excluding hydrogens is 380 g/mol. The summed E-state index contributed by atoms with van der Waals surface area (Å²) in [6, 6.07) is 10.9. The van der Waals surface area contributed by atoms with Crippen molar-refractivity contribution < 1.29 is 14.1 Å². The molecular formula is C16H11ClN4O4S. The van der Waals surface area contributed by atoms with E-state index in [1.165, 1.54) is 12.1 Å². The predicted octanol–water partition coefficient (Wildman–Crippen LogP) is 4.27. The average Bonchev–Trinajstić information content (AvgIpc) is 3.10. The van der Waals surface area contributed by atoms with Gasteiger partial charge in [-0.25, -0.2) is 0 Å². The smallest absolute Gasteiger partial charge is 0.322 e. The van der Waals surface area contributed by atoms with Gasteiger partial charge in [0.15, 0.2) is 0 Å². The van der Waals surface area contributed by atoms with Gasteiger partial charge in [0.2, 0.25) is 5.89 Å². The summed E-state index contributed by atoms with van der Waals surface area (Å²) in [6.45, 7) is 0. The standard InChI is InChI=1S/C16H11ClN4O4S/c1-26-11-5-2-9(3-6-11)15-19-20-16(25-15)18-14(22)12-8-10(17)4-7-13(12)21(23)24/h2-8H,1H3,(H,18,20,22). The molecule has 132 valence electrons. The van der Waals surface area contributed by atoms with E-state index in [0.29, 0.717) is 5.56 Å². The Morgan fingerprint density at radius 2 is 1.96 bits per heavy atom. The third-order valence-electron chi connectivity index (χ3n) is 3.38. The molecule has 0 fully saturated rings. The third-order valence-corrected chi connectivity index (χ3v) is 4.36. The molecule has 26 heavy (non-hydrogen) atoms. The van der Waals surface area contributed by atoms with Gasteiger partial charge >= 0.3 is 6.01 Å². The number of halogens is 1. The maximum Gasteiger partial charge on any atom is 0.322 e. The number of nitrogens with one attached hydrogen (secondary N) is 1. The largest absolute Gasteiger partial charge is 0.403 e. The van der Waals surface area contributed by atoms with Crippen LogP contribution in [-0.4, -0.2) is 27.3 Å². The van der Waals surface area contributed by atoms with Crippen LogP contribution in [-0.2, 0) is 0 Å². The zero-order valence-electron chi connectivity index (χ0n) is 13.3. The maximum absolute atomic E-state index is 12.3. The van der Waals surface area contributed by atoms with Gasteiger partial charge in [0, 0.05) is 21.5 Å². The van der Waals surface area contributed by atoms with E-state index in [2.05, 4.69) is 15.5 Å². The molecule has 0 aliphatic rings. The topological polar surface area (TPSA) is 111 Å². The normalized spacial score (nSPS) is 10.5. The number of thioether (sulfide) groups is 1. The van der Waals surface area contributed by atoms with E-state index in [1.54, 1.807) is 11.8 Å². The summed E-state index contributed by atoms with van der Waals surface area (Å²) in [7, 11) is 0. The van der Waals surface area contributed by atoms with Gasteiger partial charge in [-0.05, 0) is 42.7 Å². The molecule has 10 heteroatoms. The number of nitrogens with zero attached hydrogens (tertiary/aromatic N) is 3. The van der Waals surface area contributed by atoms with Crippen molar-refractivity contribution in [2.45, 2.75) is 4.90 Å². The minimum Gasteiger partial charge on any atom is -0.403 e. The number of hydrogen-bond acceptors (Lipinski definition) is 7. The molecule has 0 unspecified atom stereocenters. The van der Waals surface area contributed by atoms with Gasteiger partial charge in [-0.15, -0.1) is 16.9 Å². The van der Waals surface area contributed by atoms with Crippen molar-refractivity contribution in [3.63, 3.8) is 0 Å². The number of nitro benzene ring substituents is 1. The number of anilines is 1. The number of hydrogen-bond donors (Lipinski definition) is 1. The van der Waals surface area contributed by atoms with Crippen molar-refractivity contribution in [3.05, 3.63) is 63.2 Å². The van der Waals surface area contributed by atoms with Crippen molar-refractivity contribution in [1.82, 2.24) is 10.2 Å². The van der Waals surface area contributed by atoms with Crippen LogP contribution in [0.4, 0.5) is 11.7 Å². The second-order valence-electron chi connectivity index (χ2n) is 5.01. The van der Waals surface area contributed by atoms with Gasteiger partial charge in [0.1, 0.15) is 5.56 Å². The first kappa shape index (κ1) is 17.9. The third kappa shape index (κ3) is 3.84. The minimum atomic E-state index is -0.771. The lowest BCUT2D eigenvalue weighted by Gasteiger charge is -2.02. The number of rotatable bonds is 5. The van der Waals surface area contributed by atoms with Gasteiger partial charge in [-0.2, -0.15) is 0 Å². The number of carbonyl (C=O) groups is 1. The molecule has 0 saturated carbocycles. The first-order valence-electron chi connectivity index (χ1n) is 7.21. The van der Waals surface area contributed by atoms with Crippen LogP contribution in [0.2, 0.25) is 5.02 Å². The number of amides is 1. The van der Waals surface area contributed by atoms with Crippen LogP contribution in [0, 0.1) is 10.1 Å². The van der Waals surface area contributed by atoms with Gasteiger partial charge in [0.05, 0.1) is 4.92 Å². The second kappa shape index (κ2) is 7.54. The highest BCUT2D eigenvalue weighted by Crippen LogP contribution is 2.25. The van der Waals surface area contributed by atoms with E-state index >= 15 is 0 Å². The Morgan fingerprint density at radius 3 is 2.62 bits per heavy atom. The zero-order valence-corrected chi connectivity index (χ0v) is 14.9. The van der Waals surface area contributed by atoms with E-state index in [1.807, 2.05) is 30.5 Å². The van der Waals surface area contributed by atoms with Gasteiger partial charge in [0.25, 0.3) is 11.6 Å². The van der Waals surface area contributed by atoms with Gasteiger partial charge in [-0.3, -0.25) is 20.2 Å². The van der Waals surface area contributed by atoms with Crippen molar-refractivity contribution in [2.75, 3.05) is 11.6 Å². The second-order valence-corrected chi connectivity index (χ2v) is 6.33. The molecule has 2 aromatic carbocycles. The predicted molar refractivity (Wildman–Crippen MR) is 97.6 cm³/mol. The summed E-state index contributed by atoms with van der Waals surface area (Å²) >= 11 is 7.42. The first-order chi connectivity index (χ1) is 12.5. The fourth-order valence-electron chi connectivity index (χ4n) is 2.14. The Hall–Kier alpha value is -2.91. The van der Waals surface area contributed by atoms with Crippen LogP contribution in [0.3, 0.4) is 0 Å². The summed E-state index contributed by atoms with van der Waals surface area (Å²) in [5.41, 5.74) is 0.107. The lowest BCUT2D eigenvalue weighted by molar-refractivity contribution is -0.385. The average molecular weight is 391 g/mol. The fraction of sp³-hybridized carbons (Fsp3) is 0.0625. The lowest BCUT2D eigenvalue weighted by Crippen LogP contribution is -2.14. The molecule has 0 radical (unpaired) electrons. The molecule has 0 bridgehead atoms. The van der Waals surface area contributed by atoms with Gasteiger partial charge in [-0.1, -0.05) is 16.7 Å². The molecule has 1 heterocycles. The summed E-state index contributed by atoms with van der Waals surface area (Å²) in [4.78, 5) is 23.8. The molecule has 1 N–H and O–H groups in total. The van der Waals surface area contributed by atoms with Crippen molar-refractivity contribution in [2.24, 2.45) is 0 Å². The van der Waals surface area contributed by atoms with Crippen molar-refractivity contribution in [1.29, 1.82) is 0 Å². The van der Waals surface area contributed by atoms with E-state index in [-0.39, 0.29) is 28.2 Å². The van der Waals surface area contributed by atoms with Crippen LogP contribution in [0.1, 0.15) is 10.4 Å². The minimum absolute atomic E-state index is 0.173. The zero-order chi connectivity index (χ0) is 18.7. The summed E-state index contributed by atoms with van der Waals surface area (Å²) in [5.74, 6) is -0.555. The van der Waals surface area contributed by atoms with Crippen LogP contribution in [0.25, 0.3) is 11.5 Å². The number of nitro groups is 1. The molecule has 0 aliphatic heterocycles. The molecule has 8 nitrogen and oxygen atoms in total. The van der Waals surface area contributed by atoms with Crippen LogP contribution in [0.15, 0.2) is 51.8 Å². The van der Waals surface area contributed by atoms with E-state index in [9.17, 15) is 14.9 Å². The summed E-state index contributed by atoms with van der Waals surface area (Å²) in [5, 5.41) is 21.2.